The molecule has 0 bridgehead atoms. The molecule has 0 fully saturated rings. The second-order valence-corrected chi connectivity index (χ2v) is 6.62. The highest BCUT2D eigenvalue weighted by Gasteiger charge is 2.33. The molecular formula is C17H16F3NO3S. The molecule has 134 valence electrons. The van der Waals surface area contributed by atoms with Gasteiger partial charge >= 0.3 is 12.1 Å². The van der Waals surface area contributed by atoms with Crippen LogP contribution in [0.25, 0.3) is 0 Å². The van der Waals surface area contributed by atoms with Gasteiger partial charge in [0.25, 0.3) is 0 Å². The van der Waals surface area contributed by atoms with Crippen LogP contribution in [0.5, 0.6) is 0 Å². The first-order chi connectivity index (χ1) is 11.6. The van der Waals surface area contributed by atoms with E-state index < -0.39 is 24.3 Å². The number of halogens is 3. The number of carbonyl (C=O) groups is 2. The Morgan fingerprint density at radius 1 is 1.20 bits per heavy atom. The molecule has 2 aromatic rings. The number of rotatable bonds is 4. The summed E-state index contributed by atoms with van der Waals surface area (Å²) in [5, 5.41) is 2.88. The summed E-state index contributed by atoms with van der Waals surface area (Å²) in [7, 11) is 0. The fourth-order valence-corrected chi connectivity index (χ4v) is 3.35. The first kappa shape index (κ1) is 19.0. The van der Waals surface area contributed by atoms with E-state index in [1.54, 1.807) is 13.8 Å². The third-order valence-electron chi connectivity index (χ3n) is 3.56. The maximum Gasteiger partial charge on any atom is 0.416 e. The van der Waals surface area contributed by atoms with Crippen molar-refractivity contribution in [3.63, 3.8) is 0 Å². The molecule has 2 rings (SSSR count). The Morgan fingerprint density at radius 2 is 1.84 bits per heavy atom. The lowest BCUT2D eigenvalue weighted by molar-refractivity contribution is -0.138. The fraction of sp³-hybridized carbons (Fsp3) is 0.294. The number of ether oxygens (including phenoxy) is 1. The van der Waals surface area contributed by atoms with Crippen LogP contribution in [0.15, 0.2) is 24.3 Å². The highest BCUT2D eigenvalue weighted by Crippen LogP contribution is 2.34. The molecule has 0 saturated heterocycles. The van der Waals surface area contributed by atoms with Gasteiger partial charge < -0.3 is 10.1 Å². The van der Waals surface area contributed by atoms with Gasteiger partial charge in [0.1, 0.15) is 11.6 Å². The zero-order chi connectivity index (χ0) is 18.8. The van der Waals surface area contributed by atoms with Crippen LogP contribution in [0.4, 0.5) is 18.2 Å². The maximum atomic E-state index is 13.0. The monoisotopic (exact) mass is 371 g/mol. The van der Waals surface area contributed by atoms with Crippen LogP contribution in [-0.2, 0) is 22.3 Å². The lowest BCUT2D eigenvalue weighted by Crippen LogP contribution is -2.14. The molecule has 0 aliphatic heterocycles. The molecule has 8 heteroatoms. The molecule has 4 nitrogen and oxygen atoms in total. The number of benzene rings is 1. The van der Waals surface area contributed by atoms with E-state index in [0.717, 1.165) is 10.9 Å². The van der Waals surface area contributed by atoms with Gasteiger partial charge in [-0.25, -0.2) is 4.79 Å². The van der Waals surface area contributed by atoms with Crippen molar-refractivity contribution in [1.29, 1.82) is 0 Å². The molecule has 25 heavy (non-hydrogen) atoms. The van der Waals surface area contributed by atoms with E-state index in [4.69, 9.17) is 4.74 Å². The molecule has 0 aliphatic carbocycles. The molecule has 0 saturated carbocycles. The minimum absolute atomic E-state index is 0.131. The van der Waals surface area contributed by atoms with E-state index in [1.807, 2.05) is 0 Å². The summed E-state index contributed by atoms with van der Waals surface area (Å²) in [5.41, 5.74) is -0.179. The lowest BCUT2D eigenvalue weighted by atomic mass is 10.1. The Labute approximate surface area is 146 Å². The van der Waals surface area contributed by atoms with Gasteiger partial charge in [0, 0.05) is 17.4 Å². The number of nitrogens with one attached hydrogen (secondary N) is 1. The molecule has 0 spiro atoms. The number of aryl methyl sites for hydroxylation is 1. The number of carbonyl (C=O) groups excluding carboxylic acids is 2. The molecule has 1 aromatic heterocycles. The summed E-state index contributed by atoms with van der Waals surface area (Å²) in [6.07, 6.45) is -4.53. The standard InChI is InChI=1S/C17H16F3NO3S/c1-9-10(2)25-15(21-11(3)22)14(9)16(23)24-8-12-6-4-5-7-13(12)17(18,19)20/h4-7H,8H2,1-3H3,(H,21,22). The van der Waals surface area contributed by atoms with Crippen LogP contribution in [-0.4, -0.2) is 11.9 Å². The Balaban J connectivity index is 2.24. The van der Waals surface area contributed by atoms with Crippen LogP contribution >= 0.6 is 11.3 Å². The summed E-state index contributed by atoms with van der Waals surface area (Å²) in [4.78, 5) is 24.4. The maximum absolute atomic E-state index is 13.0. The summed E-state index contributed by atoms with van der Waals surface area (Å²) in [6.45, 7) is 4.26. The van der Waals surface area contributed by atoms with Crippen molar-refractivity contribution in [3.8, 4) is 0 Å². The highest BCUT2D eigenvalue weighted by molar-refractivity contribution is 7.16. The number of alkyl halides is 3. The van der Waals surface area contributed by atoms with E-state index in [-0.39, 0.29) is 17.0 Å². The fourth-order valence-electron chi connectivity index (χ4n) is 2.26. The number of anilines is 1. The van der Waals surface area contributed by atoms with Crippen LogP contribution in [0.2, 0.25) is 0 Å². The molecular weight excluding hydrogens is 355 g/mol. The normalized spacial score (nSPS) is 11.3. The van der Waals surface area contributed by atoms with Gasteiger partial charge in [-0.05, 0) is 25.5 Å². The van der Waals surface area contributed by atoms with Crippen molar-refractivity contribution in [2.75, 3.05) is 5.32 Å². The highest BCUT2D eigenvalue weighted by atomic mass is 32.1. The van der Waals surface area contributed by atoms with Crippen molar-refractivity contribution in [1.82, 2.24) is 0 Å². The molecule has 1 aromatic carbocycles. The van der Waals surface area contributed by atoms with E-state index in [0.29, 0.717) is 10.6 Å². The van der Waals surface area contributed by atoms with E-state index in [9.17, 15) is 22.8 Å². The van der Waals surface area contributed by atoms with Crippen molar-refractivity contribution < 1.29 is 27.5 Å². The van der Waals surface area contributed by atoms with Crippen molar-refractivity contribution in [3.05, 3.63) is 51.4 Å². The predicted molar refractivity (Wildman–Crippen MR) is 88.7 cm³/mol. The average Bonchev–Trinajstić information content (AvgIpc) is 2.78. The number of thiophene rings is 1. The second kappa shape index (κ2) is 7.26. The SMILES string of the molecule is CC(=O)Nc1sc(C)c(C)c1C(=O)OCc1ccccc1C(F)(F)F. The van der Waals surface area contributed by atoms with Crippen LogP contribution in [0, 0.1) is 13.8 Å². The number of hydrogen-bond acceptors (Lipinski definition) is 4. The predicted octanol–water partition coefficient (Wildman–Crippen LogP) is 4.70. The largest absolute Gasteiger partial charge is 0.457 e. The zero-order valence-electron chi connectivity index (χ0n) is 13.8. The summed E-state index contributed by atoms with van der Waals surface area (Å²) < 4.78 is 44.0. The average molecular weight is 371 g/mol. The summed E-state index contributed by atoms with van der Waals surface area (Å²) in [6, 6.07) is 4.92. The minimum atomic E-state index is -4.53. The Kier molecular flexibility index (Phi) is 5.52. The Hall–Kier alpha value is -2.35. The van der Waals surface area contributed by atoms with Gasteiger partial charge in [-0.3, -0.25) is 4.79 Å². The Bertz CT molecular complexity index is 812. The third-order valence-corrected chi connectivity index (χ3v) is 4.68. The minimum Gasteiger partial charge on any atom is -0.457 e. The zero-order valence-corrected chi connectivity index (χ0v) is 14.6. The van der Waals surface area contributed by atoms with Crippen LogP contribution in [0.3, 0.4) is 0 Å². The van der Waals surface area contributed by atoms with Gasteiger partial charge in [-0.2, -0.15) is 13.2 Å². The lowest BCUT2D eigenvalue weighted by Gasteiger charge is -2.13. The van der Waals surface area contributed by atoms with E-state index in [1.165, 1.54) is 36.5 Å². The molecule has 0 unspecified atom stereocenters. The molecule has 0 atom stereocenters. The van der Waals surface area contributed by atoms with E-state index >= 15 is 0 Å². The topological polar surface area (TPSA) is 55.4 Å². The summed E-state index contributed by atoms with van der Waals surface area (Å²) >= 11 is 1.21. The van der Waals surface area contributed by atoms with Gasteiger partial charge in [0.05, 0.1) is 11.1 Å². The van der Waals surface area contributed by atoms with Gasteiger partial charge in [0.2, 0.25) is 5.91 Å². The first-order valence-electron chi connectivity index (χ1n) is 7.31. The van der Waals surface area contributed by atoms with Gasteiger partial charge in [-0.1, -0.05) is 18.2 Å². The second-order valence-electron chi connectivity index (χ2n) is 5.40. The van der Waals surface area contributed by atoms with Crippen LogP contribution < -0.4 is 5.32 Å². The third kappa shape index (κ3) is 4.39. The van der Waals surface area contributed by atoms with Crippen molar-refractivity contribution >= 4 is 28.2 Å². The van der Waals surface area contributed by atoms with Crippen LogP contribution in [0.1, 0.15) is 38.8 Å². The number of hydrogen-bond donors (Lipinski definition) is 1. The molecule has 0 aliphatic rings. The number of amides is 1. The van der Waals surface area contributed by atoms with Crippen molar-refractivity contribution in [2.24, 2.45) is 0 Å². The molecule has 0 radical (unpaired) electrons. The molecule has 1 heterocycles. The van der Waals surface area contributed by atoms with Gasteiger partial charge in [-0.15, -0.1) is 11.3 Å². The quantitative estimate of drug-likeness (QED) is 0.793. The van der Waals surface area contributed by atoms with E-state index in [2.05, 4.69) is 5.32 Å². The number of esters is 1. The first-order valence-corrected chi connectivity index (χ1v) is 8.12. The molecule has 1 N–H and O–H groups in total. The molecule has 1 amide bonds. The van der Waals surface area contributed by atoms with Crippen molar-refractivity contribution in [2.45, 2.75) is 33.6 Å². The summed E-state index contributed by atoms with van der Waals surface area (Å²) in [5.74, 6) is -1.12. The van der Waals surface area contributed by atoms with Gasteiger partial charge in [0.15, 0.2) is 0 Å². The smallest absolute Gasteiger partial charge is 0.416 e. The Morgan fingerprint density at radius 3 is 2.44 bits per heavy atom.